The van der Waals surface area contributed by atoms with Gasteiger partial charge in [-0.1, -0.05) is 0 Å². The standard InChI is InChI=1S/C6H8N4Si/c1-10-5-4(2-9-10)6(11)8-3-7-5/h2-3H,1,11H3. The maximum absolute atomic E-state index is 4.12. The summed E-state index contributed by atoms with van der Waals surface area (Å²) in [5.41, 5.74) is 0.921. The van der Waals surface area contributed by atoms with Gasteiger partial charge in [-0.05, 0) is 0 Å². The highest BCUT2D eigenvalue weighted by molar-refractivity contribution is 6.36. The monoisotopic (exact) mass is 164 g/mol. The number of aryl methyl sites for hydroxylation is 1. The van der Waals surface area contributed by atoms with Crippen LogP contribution in [0.5, 0.6) is 0 Å². The van der Waals surface area contributed by atoms with Crippen LogP contribution in [-0.2, 0) is 7.05 Å². The molecule has 0 bridgehead atoms. The molecule has 0 unspecified atom stereocenters. The fourth-order valence-electron chi connectivity index (χ4n) is 1.08. The zero-order valence-corrected chi connectivity index (χ0v) is 8.44. The van der Waals surface area contributed by atoms with E-state index in [0.29, 0.717) is 0 Å². The van der Waals surface area contributed by atoms with Gasteiger partial charge in [0.1, 0.15) is 6.33 Å². The molecule has 0 aliphatic carbocycles. The summed E-state index contributed by atoms with van der Waals surface area (Å²) >= 11 is 0. The third-order valence-electron chi connectivity index (χ3n) is 1.73. The molecule has 0 N–H and O–H groups in total. The van der Waals surface area contributed by atoms with E-state index in [9.17, 15) is 0 Å². The average Bonchev–Trinajstić information content (AvgIpc) is 2.35. The van der Waals surface area contributed by atoms with Crippen LogP contribution in [0.1, 0.15) is 0 Å². The Morgan fingerprint density at radius 2 is 2.27 bits per heavy atom. The predicted octanol–water partition coefficient (Wildman–Crippen LogP) is -1.65. The minimum absolute atomic E-state index is 0.921. The van der Waals surface area contributed by atoms with Crippen molar-refractivity contribution < 1.29 is 0 Å². The molecule has 0 radical (unpaired) electrons. The Morgan fingerprint density at radius 1 is 1.45 bits per heavy atom. The summed E-state index contributed by atoms with van der Waals surface area (Å²) in [7, 11) is 2.83. The molecule has 4 nitrogen and oxygen atoms in total. The van der Waals surface area contributed by atoms with Gasteiger partial charge >= 0.3 is 0 Å². The molecule has 5 heteroatoms. The van der Waals surface area contributed by atoms with Gasteiger partial charge in [-0.15, -0.1) is 0 Å². The lowest BCUT2D eigenvalue weighted by Crippen LogP contribution is -2.09. The Labute approximate surface area is 66.7 Å². The maximum atomic E-state index is 4.12. The summed E-state index contributed by atoms with van der Waals surface area (Å²) in [6.07, 6.45) is 3.41. The van der Waals surface area contributed by atoms with Crippen molar-refractivity contribution in [3.8, 4) is 0 Å². The number of hydrogen-bond donors (Lipinski definition) is 0. The van der Waals surface area contributed by atoms with E-state index in [4.69, 9.17) is 0 Å². The van der Waals surface area contributed by atoms with Crippen LogP contribution in [0, 0.1) is 0 Å². The summed E-state index contributed by atoms with van der Waals surface area (Å²) < 4.78 is 1.76. The van der Waals surface area contributed by atoms with Crippen molar-refractivity contribution in [2.75, 3.05) is 0 Å². The number of nitrogens with zero attached hydrogens (tertiary/aromatic N) is 4. The van der Waals surface area contributed by atoms with Crippen molar-refractivity contribution in [1.29, 1.82) is 0 Å². The van der Waals surface area contributed by atoms with Crippen LogP contribution in [-0.4, -0.2) is 30.0 Å². The fourth-order valence-corrected chi connectivity index (χ4v) is 1.55. The normalized spacial score (nSPS) is 11.0. The highest BCUT2D eigenvalue weighted by Crippen LogP contribution is 2.02. The van der Waals surface area contributed by atoms with Crippen molar-refractivity contribution in [2.45, 2.75) is 0 Å². The number of hydrogen-bond acceptors (Lipinski definition) is 3. The zero-order valence-electron chi connectivity index (χ0n) is 6.44. The van der Waals surface area contributed by atoms with E-state index < -0.39 is 0 Å². The van der Waals surface area contributed by atoms with Crippen LogP contribution in [0.25, 0.3) is 11.0 Å². The van der Waals surface area contributed by atoms with Crippen LogP contribution in [0.15, 0.2) is 12.5 Å². The highest BCUT2D eigenvalue weighted by Gasteiger charge is 2.01. The number of aromatic nitrogens is 4. The highest BCUT2D eigenvalue weighted by atomic mass is 28.1. The third kappa shape index (κ3) is 0.847. The fraction of sp³-hybridized carbons (Fsp3) is 0.167. The molecule has 0 saturated carbocycles. The van der Waals surface area contributed by atoms with Gasteiger partial charge in [-0.25, -0.2) is 9.97 Å². The Hall–Kier alpha value is -1.23. The minimum atomic E-state index is 0.921. The van der Waals surface area contributed by atoms with E-state index in [1.54, 1.807) is 11.0 Å². The molecular formula is C6H8N4Si. The Bertz CT molecular complexity index is 394. The number of rotatable bonds is 0. The van der Waals surface area contributed by atoms with E-state index in [-0.39, 0.29) is 0 Å². The first-order valence-corrected chi connectivity index (χ1v) is 4.38. The summed E-state index contributed by atoms with van der Waals surface area (Å²) in [6.45, 7) is 0. The van der Waals surface area contributed by atoms with Crippen molar-refractivity contribution in [1.82, 2.24) is 19.7 Å². The second-order valence-electron chi connectivity index (χ2n) is 2.46. The quantitative estimate of drug-likeness (QED) is 0.438. The van der Waals surface area contributed by atoms with Crippen molar-refractivity contribution in [3.05, 3.63) is 12.5 Å². The molecule has 0 saturated heterocycles. The molecule has 11 heavy (non-hydrogen) atoms. The lowest BCUT2D eigenvalue weighted by atomic mass is 10.4. The Balaban J connectivity index is 2.94. The molecule has 2 aromatic heterocycles. The van der Waals surface area contributed by atoms with Crippen LogP contribution in [0.4, 0.5) is 0 Å². The molecule has 0 fully saturated rings. The summed E-state index contributed by atoms with van der Waals surface area (Å²) in [6, 6.07) is 0. The van der Waals surface area contributed by atoms with Gasteiger partial charge < -0.3 is 0 Å². The number of fused-ring (bicyclic) bond motifs is 1. The first-order valence-electron chi connectivity index (χ1n) is 3.38. The lowest BCUT2D eigenvalue weighted by Gasteiger charge is -1.93. The summed E-state index contributed by atoms with van der Waals surface area (Å²) in [5, 5.41) is 6.29. The van der Waals surface area contributed by atoms with E-state index in [1.165, 1.54) is 0 Å². The molecule has 0 amide bonds. The van der Waals surface area contributed by atoms with E-state index >= 15 is 0 Å². The van der Waals surface area contributed by atoms with Crippen LogP contribution >= 0.6 is 0 Å². The smallest absolute Gasteiger partial charge is 0.160 e. The van der Waals surface area contributed by atoms with Gasteiger partial charge in [0.15, 0.2) is 5.65 Å². The maximum Gasteiger partial charge on any atom is 0.160 e. The van der Waals surface area contributed by atoms with Crippen LogP contribution in [0.3, 0.4) is 0 Å². The van der Waals surface area contributed by atoms with Crippen molar-refractivity contribution >= 4 is 26.6 Å². The molecule has 56 valence electrons. The summed E-state index contributed by atoms with van der Waals surface area (Å²) in [4.78, 5) is 8.23. The minimum Gasteiger partial charge on any atom is -0.250 e. The zero-order chi connectivity index (χ0) is 7.84. The first-order chi connectivity index (χ1) is 5.29. The topological polar surface area (TPSA) is 43.6 Å². The molecular weight excluding hydrogens is 156 g/mol. The molecule has 2 aromatic rings. The molecule has 0 atom stereocenters. The van der Waals surface area contributed by atoms with E-state index in [0.717, 1.165) is 26.6 Å². The third-order valence-corrected chi connectivity index (χ3v) is 2.53. The SMILES string of the molecule is Cn1ncc2c([SiH3])ncnc21. The van der Waals surface area contributed by atoms with Crippen LogP contribution in [0.2, 0.25) is 0 Å². The average molecular weight is 164 g/mol. The molecule has 0 aliphatic heterocycles. The Kier molecular flexibility index (Phi) is 1.25. The summed E-state index contributed by atoms with van der Waals surface area (Å²) in [5.74, 6) is 0. The van der Waals surface area contributed by atoms with E-state index in [1.807, 2.05) is 13.2 Å². The van der Waals surface area contributed by atoms with Crippen LogP contribution < -0.4 is 5.32 Å². The Morgan fingerprint density at radius 3 is 3.00 bits per heavy atom. The van der Waals surface area contributed by atoms with Crippen molar-refractivity contribution in [3.63, 3.8) is 0 Å². The first kappa shape index (κ1) is 6.48. The molecule has 2 heterocycles. The van der Waals surface area contributed by atoms with Gasteiger partial charge in [0.2, 0.25) is 0 Å². The lowest BCUT2D eigenvalue weighted by molar-refractivity contribution is 0.785. The van der Waals surface area contributed by atoms with Gasteiger partial charge in [0.25, 0.3) is 0 Å². The molecule has 2 rings (SSSR count). The molecule has 0 aromatic carbocycles. The van der Waals surface area contributed by atoms with E-state index in [2.05, 4.69) is 15.1 Å². The van der Waals surface area contributed by atoms with Gasteiger partial charge in [0, 0.05) is 12.4 Å². The van der Waals surface area contributed by atoms with Crippen molar-refractivity contribution in [2.24, 2.45) is 7.05 Å². The second-order valence-corrected chi connectivity index (χ2v) is 3.41. The van der Waals surface area contributed by atoms with Gasteiger partial charge in [0.05, 0.1) is 21.8 Å². The molecule has 0 aliphatic rings. The molecule has 0 spiro atoms. The second kappa shape index (κ2) is 2.13. The van der Waals surface area contributed by atoms with Gasteiger partial charge in [-0.3, -0.25) is 4.68 Å². The van der Waals surface area contributed by atoms with Gasteiger partial charge in [-0.2, -0.15) is 5.10 Å². The predicted molar refractivity (Wildman–Crippen MR) is 45.9 cm³/mol. The largest absolute Gasteiger partial charge is 0.250 e.